The lowest BCUT2D eigenvalue weighted by Crippen LogP contribution is -2.55. The predicted octanol–water partition coefficient (Wildman–Crippen LogP) is 1.29. The third-order valence-electron chi connectivity index (χ3n) is 2.16. The highest BCUT2D eigenvalue weighted by Gasteiger charge is 2.29. The molecule has 6 heteroatoms. The largest absolute Gasteiger partial charge is 0.480 e. The maximum atomic E-state index is 11.5. The molecule has 1 atom stereocenters. The van der Waals surface area contributed by atoms with Gasteiger partial charge in [0.15, 0.2) is 0 Å². The van der Waals surface area contributed by atoms with Gasteiger partial charge in [0.25, 0.3) is 0 Å². The SMILES string of the molecule is CCC(CSC)NC(=O)NC(C)(C)C(=O)O. The van der Waals surface area contributed by atoms with E-state index in [0.29, 0.717) is 0 Å². The fourth-order valence-corrected chi connectivity index (χ4v) is 1.74. The van der Waals surface area contributed by atoms with Crippen LogP contribution in [0.2, 0.25) is 0 Å². The van der Waals surface area contributed by atoms with Crippen molar-refractivity contribution < 1.29 is 14.7 Å². The molecule has 16 heavy (non-hydrogen) atoms. The number of carboxylic acid groups (broad SMARTS) is 1. The third-order valence-corrected chi connectivity index (χ3v) is 2.89. The van der Waals surface area contributed by atoms with Gasteiger partial charge < -0.3 is 15.7 Å². The molecule has 0 spiro atoms. The zero-order chi connectivity index (χ0) is 12.8. The first kappa shape index (κ1) is 15.1. The van der Waals surface area contributed by atoms with E-state index in [2.05, 4.69) is 10.6 Å². The minimum atomic E-state index is -1.25. The van der Waals surface area contributed by atoms with Crippen molar-refractivity contribution in [2.45, 2.75) is 38.8 Å². The number of carboxylic acids is 1. The van der Waals surface area contributed by atoms with Crippen molar-refractivity contribution in [3.05, 3.63) is 0 Å². The van der Waals surface area contributed by atoms with E-state index >= 15 is 0 Å². The van der Waals surface area contributed by atoms with E-state index in [4.69, 9.17) is 5.11 Å². The first-order valence-electron chi connectivity index (χ1n) is 5.14. The summed E-state index contributed by atoms with van der Waals surface area (Å²) < 4.78 is 0. The smallest absolute Gasteiger partial charge is 0.328 e. The van der Waals surface area contributed by atoms with Crippen molar-refractivity contribution >= 4 is 23.8 Å². The van der Waals surface area contributed by atoms with Crippen LogP contribution in [0, 0.1) is 0 Å². The average molecular weight is 248 g/mol. The summed E-state index contributed by atoms with van der Waals surface area (Å²) in [5.41, 5.74) is -1.25. The number of aliphatic carboxylic acids is 1. The number of rotatable bonds is 6. The van der Waals surface area contributed by atoms with Crippen LogP contribution < -0.4 is 10.6 Å². The Balaban J connectivity index is 4.21. The minimum absolute atomic E-state index is 0.0691. The molecule has 0 fully saturated rings. The molecular weight excluding hydrogens is 228 g/mol. The topological polar surface area (TPSA) is 78.4 Å². The van der Waals surface area contributed by atoms with Crippen molar-refractivity contribution in [3.63, 3.8) is 0 Å². The summed E-state index contributed by atoms with van der Waals surface area (Å²) in [6, 6.07) is -0.368. The van der Waals surface area contributed by atoms with Crippen LogP contribution >= 0.6 is 11.8 Å². The van der Waals surface area contributed by atoms with E-state index in [-0.39, 0.29) is 6.04 Å². The van der Waals surface area contributed by atoms with Gasteiger partial charge in [-0.2, -0.15) is 11.8 Å². The van der Waals surface area contributed by atoms with Crippen molar-refractivity contribution in [3.8, 4) is 0 Å². The Bertz CT molecular complexity index is 256. The lowest BCUT2D eigenvalue weighted by molar-refractivity contribution is -0.142. The second-order valence-corrected chi connectivity index (χ2v) is 5.00. The van der Waals surface area contributed by atoms with E-state index in [0.717, 1.165) is 12.2 Å². The first-order chi connectivity index (χ1) is 7.33. The number of urea groups is 1. The molecule has 0 aliphatic rings. The Labute approximate surface area is 100 Å². The summed E-state index contributed by atoms with van der Waals surface area (Å²) in [7, 11) is 0. The Kier molecular flexibility index (Phi) is 6.25. The molecule has 0 aromatic rings. The van der Waals surface area contributed by atoms with Crippen molar-refractivity contribution in [1.29, 1.82) is 0 Å². The van der Waals surface area contributed by atoms with Crippen molar-refractivity contribution in [2.24, 2.45) is 0 Å². The van der Waals surface area contributed by atoms with E-state index in [9.17, 15) is 9.59 Å². The van der Waals surface area contributed by atoms with E-state index in [1.165, 1.54) is 13.8 Å². The maximum Gasteiger partial charge on any atom is 0.328 e. The molecule has 0 saturated heterocycles. The highest BCUT2D eigenvalue weighted by molar-refractivity contribution is 7.98. The summed E-state index contributed by atoms with van der Waals surface area (Å²) in [4.78, 5) is 22.3. The van der Waals surface area contributed by atoms with Gasteiger partial charge in [-0.15, -0.1) is 0 Å². The molecule has 94 valence electrons. The van der Waals surface area contributed by atoms with Crippen LogP contribution in [-0.4, -0.2) is 40.7 Å². The van der Waals surface area contributed by atoms with Crippen LogP contribution in [0.1, 0.15) is 27.2 Å². The molecule has 5 nitrogen and oxygen atoms in total. The molecule has 0 aromatic heterocycles. The van der Waals surface area contributed by atoms with Crippen LogP contribution in [0.5, 0.6) is 0 Å². The molecule has 3 N–H and O–H groups in total. The van der Waals surface area contributed by atoms with Gasteiger partial charge in [0.2, 0.25) is 0 Å². The summed E-state index contributed by atoms with van der Waals surface area (Å²) in [6.45, 7) is 4.87. The quantitative estimate of drug-likeness (QED) is 0.662. The molecule has 0 aliphatic carbocycles. The number of hydrogen-bond donors (Lipinski definition) is 3. The number of carbonyl (C=O) groups excluding carboxylic acids is 1. The van der Waals surface area contributed by atoms with Crippen LogP contribution in [-0.2, 0) is 4.79 Å². The second kappa shape index (κ2) is 6.62. The van der Waals surface area contributed by atoms with Gasteiger partial charge >= 0.3 is 12.0 Å². The van der Waals surface area contributed by atoms with Gasteiger partial charge in [-0.05, 0) is 26.5 Å². The molecule has 0 saturated carbocycles. The number of thioether (sulfide) groups is 1. The summed E-state index contributed by atoms with van der Waals surface area (Å²) in [6.07, 6.45) is 2.78. The van der Waals surface area contributed by atoms with Crippen LogP contribution in [0.4, 0.5) is 4.79 Å². The monoisotopic (exact) mass is 248 g/mol. The molecule has 2 amide bonds. The summed E-state index contributed by atoms with van der Waals surface area (Å²) in [5.74, 6) is -0.238. The van der Waals surface area contributed by atoms with Gasteiger partial charge in [-0.1, -0.05) is 6.92 Å². The first-order valence-corrected chi connectivity index (χ1v) is 6.53. The van der Waals surface area contributed by atoms with Gasteiger partial charge in [0, 0.05) is 11.8 Å². The van der Waals surface area contributed by atoms with Crippen molar-refractivity contribution in [1.82, 2.24) is 10.6 Å². The van der Waals surface area contributed by atoms with Gasteiger partial charge in [-0.3, -0.25) is 0 Å². The number of hydrogen-bond acceptors (Lipinski definition) is 3. The van der Waals surface area contributed by atoms with Crippen LogP contribution in [0.3, 0.4) is 0 Å². The number of amides is 2. The zero-order valence-corrected chi connectivity index (χ0v) is 11.0. The normalized spacial score (nSPS) is 13.0. The lowest BCUT2D eigenvalue weighted by Gasteiger charge is -2.23. The van der Waals surface area contributed by atoms with Crippen LogP contribution in [0.15, 0.2) is 0 Å². The lowest BCUT2D eigenvalue weighted by atomic mass is 10.1. The minimum Gasteiger partial charge on any atom is -0.480 e. The highest BCUT2D eigenvalue weighted by atomic mass is 32.2. The molecule has 0 heterocycles. The molecule has 0 bridgehead atoms. The third kappa shape index (κ3) is 5.25. The summed E-state index contributed by atoms with van der Waals surface area (Å²) >= 11 is 1.64. The Morgan fingerprint density at radius 1 is 1.44 bits per heavy atom. The maximum absolute atomic E-state index is 11.5. The molecular formula is C10H20N2O3S. The van der Waals surface area contributed by atoms with Crippen molar-refractivity contribution in [2.75, 3.05) is 12.0 Å². The molecule has 1 unspecified atom stereocenters. The van der Waals surface area contributed by atoms with E-state index < -0.39 is 17.5 Å². The highest BCUT2D eigenvalue weighted by Crippen LogP contribution is 2.03. The standard InChI is InChI=1S/C10H20N2O3S/c1-5-7(6-16-4)11-9(15)12-10(2,3)8(13)14/h7H,5-6H2,1-4H3,(H,13,14)(H2,11,12,15). The molecule has 0 radical (unpaired) electrons. The average Bonchev–Trinajstić information content (AvgIpc) is 2.15. The van der Waals surface area contributed by atoms with E-state index in [1.54, 1.807) is 11.8 Å². The fourth-order valence-electron chi connectivity index (χ4n) is 1.02. The molecule has 0 rings (SSSR count). The molecule has 0 aliphatic heterocycles. The number of nitrogens with one attached hydrogen (secondary N) is 2. The Hall–Kier alpha value is -0.910. The van der Waals surface area contributed by atoms with Gasteiger partial charge in [0.05, 0.1) is 0 Å². The summed E-state index contributed by atoms with van der Waals surface area (Å²) in [5, 5.41) is 14.0. The van der Waals surface area contributed by atoms with Gasteiger partial charge in [0.1, 0.15) is 5.54 Å². The zero-order valence-electron chi connectivity index (χ0n) is 10.2. The Morgan fingerprint density at radius 2 is 2.00 bits per heavy atom. The Morgan fingerprint density at radius 3 is 2.38 bits per heavy atom. The van der Waals surface area contributed by atoms with Gasteiger partial charge in [-0.25, -0.2) is 9.59 Å². The predicted molar refractivity (Wildman–Crippen MR) is 65.8 cm³/mol. The fraction of sp³-hybridized carbons (Fsp3) is 0.800. The molecule has 0 aromatic carbocycles. The van der Waals surface area contributed by atoms with E-state index in [1.807, 2.05) is 13.2 Å². The second-order valence-electron chi connectivity index (χ2n) is 4.09. The van der Waals surface area contributed by atoms with Crippen LogP contribution in [0.25, 0.3) is 0 Å². The number of carbonyl (C=O) groups is 2.